The normalized spacial score (nSPS) is 10.2. The zero-order valence-corrected chi connectivity index (χ0v) is 11.0. The summed E-state index contributed by atoms with van der Waals surface area (Å²) in [4.78, 5) is 4.23. The molecule has 0 atom stereocenters. The maximum Gasteiger partial charge on any atom is 0.238 e. The summed E-state index contributed by atoms with van der Waals surface area (Å²) in [6.45, 7) is 1.99. The smallest absolute Gasteiger partial charge is 0.238 e. The zero-order chi connectivity index (χ0) is 13.1. The molecule has 3 N–H and O–H groups in total. The van der Waals surface area contributed by atoms with Crippen LogP contribution in [0.3, 0.4) is 0 Å². The summed E-state index contributed by atoms with van der Waals surface area (Å²) in [5.74, 6) is 1.02. The largest absolute Gasteiger partial charge is 0.479 e. The third-order valence-corrected chi connectivity index (χ3v) is 2.78. The molecule has 18 heavy (non-hydrogen) atoms. The Balaban J connectivity index is 2.28. The molecule has 0 fully saturated rings. The van der Waals surface area contributed by atoms with Crippen molar-refractivity contribution in [2.75, 3.05) is 18.2 Å². The Morgan fingerprint density at radius 1 is 1.28 bits per heavy atom. The van der Waals surface area contributed by atoms with Crippen molar-refractivity contribution >= 4 is 28.8 Å². The lowest BCUT2D eigenvalue weighted by molar-refractivity contribution is 0.401. The van der Waals surface area contributed by atoms with Crippen molar-refractivity contribution in [3.63, 3.8) is 0 Å². The van der Waals surface area contributed by atoms with Gasteiger partial charge in [0.05, 0.1) is 23.5 Å². The molecule has 5 heteroatoms. The highest BCUT2D eigenvalue weighted by Crippen LogP contribution is 2.27. The first-order valence-electron chi connectivity index (χ1n) is 5.44. The lowest BCUT2D eigenvalue weighted by Gasteiger charge is -2.10. The van der Waals surface area contributed by atoms with Crippen molar-refractivity contribution in [2.45, 2.75) is 6.92 Å². The molecule has 0 aliphatic heterocycles. The number of anilines is 3. The summed E-state index contributed by atoms with van der Waals surface area (Å²) in [5, 5.41) is 3.77. The fourth-order valence-electron chi connectivity index (χ4n) is 1.54. The number of hydrogen-bond acceptors (Lipinski definition) is 4. The molecule has 0 saturated carbocycles. The Bertz CT molecular complexity index is 572. The topological polar surface area (TPSA) is 60.2 Å². The van der Waals surface area contributed by atoms with Gasteiger partial charge in [-0.1, -0.05) is 17.7 Å². The van der Waals surface area contributed by atoms with Crippen LogP contribution in [0, 0.1) is 6.92 Å². The molecule has 1 heterocycles. The van der Waals surface area contributed by atoms with Gasteiger partial charge < -0.3 is 15.8 Å². The first-order chi connectivity index (χ1) is 8.60. The molecular formula is C13H14ClN3O. The summed E-state index contributed by atoms with van der Waals surface area (Å²) < 4.78 is 5.06. The molecule has 2 aromatic rings. The maximum absolute atomic E-state index is 6.14. The van der Waals surface area contributed by atoms with E-state index in [1.165, 1.54) is 7.11 Å². The van der Waals surface area contributed by atoms with Gasteiger partial charge in [0, 0.05) is 0 Å². The summed E-state index contributed by atoms with van der Waals surface area (Å²) in [5.41, 5.74) is 8.10. The molecule has 0 saturated heterocycles. The molecule has 4 nitrogen and oxygen atoms in total. The van der Waals surface area contributed by atoms with E-state index in [-0.39, 0.29) is 0 Å². The lowest BCUT2D eigenvalue weighted by atomic mass is 10.2. The van der Waals surface area contributed by atoms with E-state index in [9.17, 15) is 0 Å². The lowest BCUT2D eigenvalue weighted by Crippen LogP contribution is -1.99. The number of rotatable bonds is 3. The molecule has 1 aromatic carbocycles. The Kier molecular flexibility index (Phi) is 3.58. The molecular weight excluding hydrogens is 250 g/mol. The predicted molar refractivity (Wildman–Crippen MR) is 74.7 cm³/mol. The van der Waals surface area contributed by atoms with E-state index in [4.69, 9.17) is 22.1 Å². The highest BCUT2D eigenvalue weighted by molar-refractivity contribution is 6.33. The van der Waals surface area contributed by atoms with Gasteiger partial charge in [0.1, 0.15) is 5.82 Å². The van der Waals surface area contributed by atoms with Crippen LogP contribution in [-0.2, 0) is 0 Å². The number of benzene rings is 1. The first-order valence-corrected chi connectivity index (χ1v) is 5.81. The molecule has 2 rings (SSSR count). The number of nitrogens with zero attached hydrogens (tertiary/aromatic N) is 1. The van der Waals surface area contributed by atoms with Crippen molar-refractivity contribution in [2.24, 2.45) is 0 Å². The SMILES string of the molecule is COc1nc(Nc2ccc(C)cc2Cl)ccc1N. The van der Waals surface area contributed by atoms with Crippen LogP contribution in [-0.4, -0.2) is 12.1 Å². The zero-order valence-electron chi connectivity index (χ0n) is 10.2. The average molecular weight is 264 g/mol. The number of nitrogens with one attached hydrogen (secondary N) is 1. The van der Waals surface area contributed by atoms with Crippen molar-refractivity contribution in [1.82, 2.24) is 4.98 Å². The van der Waals surface area contributed by atoms with Crippen molar-refractivity contribution in [1.29, 1.82) is 0 Å². The molecule has 0 radical (unpaired) electrons. The van der Waals surface area contributed by atoms with Gasteiger partial charge in [0.15, 0.2) is 0 Å². The Hall–Kier alpha value is -1.94. The van der Waals surface area contributed by atoms with Crippen LogP contribution in [0.25, 0.3) is 0 Å². The fourth-order valence-corrected chi connectivity index (χ4v) is 1.83. The van der Waals surface area contributed by atoms with E-state index >= 15 is 0 Å². The molecule has 94 valence electrons. The summed E-state index contributed by atoms with van der Waals surface area (Å²) in [6, 6.07) is 9.27. The van der Waals surface area contributed by atoms with E-state index < -0.39 is 0 Å². The molecule has 0 amide bonds. The Labute approximate surface area is 111 Å². The van der Waals surface area contributed by atoms with Crippen LogP contribution in [0.5, 0.6) is 5.88 Å². The highest BCUT2D eigenvalue weighted by Gasteiger charge is 2.05. The van der Waals surface area contributed by atoms with E-state index in [2.05, 4.69) is 10.3 Å². The van der Waals surface area contributed by atoms with Crippen molar-refractivity contribution in [3.05, 3.63) is 40.9 Å². The number of halogens is 1. The highest BCUT2D eigenvalue weighted by atomic mass is 35.5. The van der Waals surface area contributed by atoms with Gasteiger partial charge in [0.2, 0.25) is 5.88 Å². The van der Waals surface area contributed by atoms with Gasteiger partial charge in [-0.05, 0) is 36.8 Å². The van der Waals surface area contributed by atoms with Gasteiger partial charge in [-0.2, -0.15) is 4.98 Å². The third kappa shape index (κ3) is 2.65. The predicted octanol–water partition coefficient (Wildman–Crippen LogP) is 3.38. The minimum Gasteiger partial charge on any atom is -0.479 e. The van der Waals surface area contributed by atoms with Crippen LogP contribution in [0.2, 0.25) is 5.02 Å². The van der Waals surface area contributed by atoms with E-state index in [1.807, 2.05) is 25.1 Å². The van der Waals surface area contributed by atoms with Crippen LogP contribution in [0.15, 0.2) is 30.3 Å². The number of hydrogen-bond donors (Lipinski definition) is 2. The number of ether oxygens (including phenoxy) is 1. The third-order valence-electron chi connectivity index (χ3n) is 2.47. The number of methoxy groups -OCH3 is 1. The number of nitrogen functional groups attached to an aromatic ring is 1. The van der Waals surface area contributed by atoms with Crippen molar-refractivity contribution < 1.29 is 4.74 Å². The van der Waals surface area contributed by atoms with Crippen LogP contribution in [0.4, 0.5) is 17.2 Å². The van der Waals surface area contributed by atoms with Gasteiger partial charge >= 0.3 is 0 Å². The Morgan fingerprint density at radius 2 is 2.06 bits per heavy atom. The second-order valence-corrected chi connectivity index (χ2v) is 4.31. The van der Waals surface area contributed by atoms with E-state index in [0.717, 1.165) is 11.3 Å². The van der Waals surface area contributed by atoms with Crippen LogP contribution >= 0.6 is 11.6 Å². The number of aromatic nitrogens is 1. The van der Waals surface area contributed by atoms with Gasteiger partial charge in [0.25, 0.3) is 0 Å². The molecule has 1 aromatic heterocycles. The molecule has 0 spiro atoms. The van der Waals surface area contributed by atoms with E-state index in [0.29, 0.717) is 22.4 Å². The minimum atomic E-state index is 0.392. The second-order valence-electron chi connectivity index (χ2n) is 3.90. The summed E-state index contributed by atoms with van der Waals surface area (Å²) >= 11 is 6.14. The summed E-state index contributed by atoms with van der Waals surface area (Å²) in [7, 11) is 1.53. The van der Waals surface area contributed by atoms with Gasteiger partial charge in [-0.25, -0.2) is 0 Å². The van der Waals surface area contributed by atoms with Crippen molar-refractivity contribution in [3.8, 4) is 5.88 Å². The maximum atomic E-state index is 6.14. The number of aryl methyl sites for hydroxylation is 1. The summed E-state index contributed by atoms with van der Waals surface area (Å²) in [6.07, 6.45) is 0. The second kappa shape index (κ2) is 5.14. The van der Waals surface area contributed by atoms with Crippen LogP contribution in [0.1, 0.15) is 5.56 Å². The molecule has 0 unspecified atom stereocenters. The van der Waals surface area contributed by atoms with E-state index in [1.54, 1.807) is 12.1 Å². The minimum absolute atomic E-state index is 0.392. The van der Waals surface area contributed by atoms with Gasteiger partial charge in [-0.15, -0.1) is 0 Å². The Morgan fingerprint density at radius 3 is 2.72 bits per heavy atom. The fraction of sp³-hybridized carbons (Fsp3) is 0.154. The number of nitrogens with two attached hydrogens (primary N) is 1. The average Bonchev–Trinajstić information content (AvgIpc) is 2.35. The standard InChI is InChI=1S/C13H14ClN3O/c1-8-3-5-11(9(14)7-8)16-12-6-4-10(15)13(17-12)18-2/h3-7H,15H2,1-2H3,(H,16,17). The quantitative estimate of drug-likeness (QED) is 0.891. The molecule has 0 aliphatic rings. The van der Waals surface area contributed by atoms with Gasteiger partial charge in [-0.3, -0.25) is 0 Å². The number of pyridine rings is 1. The first kappa shape index (κ1) is 12.5. The molecule has 0 aliphatic carbocycles. The molecule has 0 bridgehead atoms. The van der Waals surface area contributed by atoms with Crippen LogP contribution < -0.4 is 15.8 Å². The monoisotopic (exact) mass is 263 g/mol.